The Kier molecular flexibility index (Phi) is 6.09. The van der Waals surface area contributed by atoms with Gasteiger partial charge in [0.1, 0.15) is 5.75 Å². The van der Waals surface area contributed by atoms with Gasteiger partial charge in [0.15, 0.2) is 0 Å². The highest BCUT2D eigenvalue weighted by Gasteiger charge is 1.98. The third kappa shape index (κ3) is 4.35. The standard InChI is InChI=1S/C15H20O/c1-3-5-6-9-13-16-15-12-8-7-11-14(15)10-4-2/h4,7-9,11-13H,2-3,5-6,10H2,1H3/b13-9+. The number of para-hydroxylation sites is 1. The molecule has 0 aliphatic carbocycles. The molecule has 1 rings (SSSR count). The lowest BCUT2D eigenvalue weighted by Gasteiger charge is -2.05. The van der Waals surface area contributed by atoms with Crippen LogP contribution in [-0.4, -0.2) is 0 Å². The van der Waals surface area contributed by atoms with Crippen LogP contribution in [0.25, 0.3) is 0 Å². The van der Waals surface area contributed by atoms with Crippen molar-refractivity contribution in [1.82, 2.24) is 0 Å². The first-order valence-electron chi connectivity index (χ1n) is 5.89. The van der Waals surface area contributed by atoms with Crippen LogP contribution in [0, 0.1) is 0 Å². The highest BCUT2D eigenvalue weighted by atomic mass is 16.5. The molecule has 0 N–H and O–H groups in total. The molecular weight excluding hydrogens is 196 g/mol. The molecule has 86 valence electrons. The zero-order valence-electron chi connectivity index (χ0n) is 9.99. The van der Waals surface area contributed by atoms with Crippen molar-refractivity contribution in [3.63, 3.8) is 0 Å². The van der Waals surface area contributed by atoms with Crippen molar-refractivity contribution in [3.05, 3.63) is 54.8 Å². The second kappa shape index (κ2) is 7.75. The predicted octanol–water partition coefficient (Wildman–Crippen LogP) is 4.50. The SMILES string of the molecule is C=CCc1ccccc1O/C=C/CCCC. The Morgan fingerprint density at radius 1 is 1.31 bits per heavy atom. The topological polar surface area (TPSA) is 9.23 Å². The number of ether oxygens (including phenoxy) is 1. The molecule has 0 saturated heterocycles. The molecular formula is C15H20O. The molecule has 0 radical (unpaired) electrons. The number of hydrogen-bond acceptors (Lipinski definition) is 1. The highest BCUT2D eigenvalue weighted by Crippen LogP contribution is 2.18. The molecule has 0 unspecified atom stereocenters. The van der Waals surface area contributed by atoms with Gasteiger partial charge < -0.3 is 4.74 Å². The van der Waals surface area contributed by atoms with E-state index in [0.717, 1.165) is 18.6 Å². The fourth-order valence-electron chi connectivity index (χ4n) is 1.45. The fraction of sp³-hybridized carbons (Fsp3) is 0.333. The van der Waals surface area contributed by atoms with E-state index in [0.29, 0.717) is 0 Å². The number of rotatable bonds is 7. The van der Waals surface area contributed by atoms with Gasteiger partial charge in [-0.15, -0.1) is 6.58 Å². The molecule has 0 spiro atoms. The molecule has 1 heteroatoms. The second-order valence-electron chi connectivity index (χ2n) is 3.73. The molecule has 1 aromatic rings. The minimum atomic E-state index is 0.846. The molecule has 16 heavy (non-hydrogen) atoms. The van der Waals surface area contributed by atoms with Gasteiger partial charge in [-0.25, -0.2) is 0 Å². The van der Waals surface area contributed by atoms with Crippen molar-refractivity contribution < 1.29 is 4.74 Å². The Bertz CT molecular complexity index is 339. The second-order valence-corrected chi connectivity index (χ2v) is 3.73. The lowest BCUT2D eigenvalue weighted by atomic mass is 10.1. The third-order valence-corrected chi connectivity index (χ3v) is 2.35. The van der Waals surface area contributed by atoms with E-state index in [4.69, 9.17) is 4.74 Å². The quantitative estimate of drug-likeness (QED) is 0.370. The molecule has 0 aliphatic rings. The Morgan fingerprint density at radius 3 is 2.88 bits per heavy atom. The van der Waals surface area contributed by atoms with Crippen LogP contribution in [0.3, 0.4) is 0 Å². The Morgan fingerprint density at radius 2 is 2.12 bits per heavy atom. The lowest BCUT2D eigenvalue weighted by molar-refractivity contribution is 0.473. The summed E-state index contributed by atoms with van der Waals surface area (Å²) in [4.78, 5) is 0. The van der Waals surface area contributed by atoms with Crippen molar-refractivity contribution in [2.24, 2.45) is 0 Å². The Hall–Kier alpha value is -1.50. The van der Waals surface area contributed by atoms with Crippen LogP contribution in [0.5, 0.6) is 5.75 Å². The van der Waals surface area contributed by atoms with Gasteiger partial charge in [0.05, 0.1) is 6.26 Å². The first-order chi connectivity index (χ1) is 7.88. The third-order valence-electron chi connectivity index (χ3n) is 2.35. The summed E-state index contributed by atoms with van der Waals surface area (Å²) < 4.78 is 5.61. The van der Waals surface area contributed by atoms with Crippen molar-refractivity contribution >= 4 is 0 Å². The molecule has 1 aromatic carbocycles. The summed E-state index contributed by atoms with van der Waals surface area (Å²) >= 11 is 0. The predicted molar refractivity (Wildman–Crippen MR) is 69.6 cm³/mol. The van der Waals surface area contributed by atoms with Crippen LogP contribution in [0.1, 0.15) is 31.7 Å². The summed E-state index contributed by atoms with van der Waals surface area (Å²) in [5.41, 5.74) is 1.18. The number of unbranched alkanes of at least 4 members (excludes halogenated alkanes) is 2. The minimum absolute atomic E-state index is 0.846. The van der Waals surface area contributed by atoms with E-state index in [1.165, 1.54) is 18.4 Å². The van der Waals surface area contributed by atoms with E-state index in [1.54, 1.807) is 6.26 Å². The van der Waals surface area contributed by atoms with Gasteiger partial charge in [-0.2, -0.15) is 0 Å². The smallest absolute Gasteiger partial charge is 0.129 e. The summed E-state index contributed by atoms with van der Waals surface area (Å²) in [6.45, 7) is 5.93. The Labute approximate surface area is 98.5 Å². The Balaban J connectivity index is 2.52. The minimum Gasteiger partial charge on any atom is -0.465 e. The van der Waals surface area contributed by atoms with Crippen LogP contribution in [0.15, 0.2) is 49.3 Å². The monoisotopic (exact) mass is 216 g/mol. The van der Waals surface area contributed by atoms with E-state index in [-0.39, 0.29) is 0 Å². The van der Waals surface area contributed by atoms with Crippen LogP contribution in [0.4, 0.5) is 0 Å². The normalized spacial score (nSPS) is 10.6. The number of hydrogen-bond donors (Lipinski definition) is 0. The number of allylic oxidation sites excluding steroid dienone is 2. The van der Waals surface area contributed by atoms with E-state index in [1.807, 2.05) is 24.3 Å². The van der Waals surface area contributed by atoms with Crippen LogP contribution in [-0.2, 0) is 6.42 Å². The molecule has 0 bridgehead atoms. The first-order valence-corrected chi connectivity index (χ1v) is 5.89. The van der Waals surface area contributed by atoms with Gasteiger partial charge >= 0.3 is 0 Å². The average Bonchev–Trinajstić information content (AvgIpc) is 2.31. The molecule has 0 aromatic heterocycles. The van der Waals surface area contributed by atoms with Crippen LogP contribution in [0.2, 0.25) is 0 Å². The van der Waals surface area contributed by atoms with E-state index in [2.05, 4.69) is 25.6 Å². The van der Waals surface area contributed by atoms with Gasteiger partial charge in [0.25, 0.3) is 0 Å². The maximum atomic E-state index is 5.61. The zero-order chi connectivity index (χ0) is 11.6. The van der Waals surface area contributed by atoms with E-state index < -0.39 is 0 Å². The summed E-state index contributed by atoms with van der Waals surface area (Å²) in [5, 5.41) is 0. The van der Waals surface area contributed by atoms with Crippen molar-refractivity contribution in [1.29, 1.82) is 0 Å². The molecule has 0 saturated carbocycles. The zero-order valence-corrected chi connectivity index (χ0v) is 9.99. The van der Waals surface area contributed by atoms with Gasteiger partial charge in [0, 0.05) is 0 Å². The van der Waals surface area contributed by atoms with Gasteiger partial charge in [0.2, 0.25) is 0 Å². The molecule has 0 aliphatic heterocycles. The van der Waals surface area contributed by atoms with Crippen molar-refractivity contribution in [3.8, 4) is 5.75 Å². The highest BCUT2D eigenvalue weighted by molar-refractivity contribution is 5.35. The molecule has 0 atom stereocenters. The molecule has 0 amide bonds. The summed E-state index contributed by atoms with van der Waals surface area (Å²) in [6.07, 6.45) is 10.1. The van der Waals surface area contributed by atoms with Gasteiger partial charge in [-0.05, 0) is 37.0 Å². The largest absolute Gasteiger partial charge is 0.465 e. The summed E-state index contributed by atoms with van der Waals surface area (Å²) in [6, 6.07) is 8.06. The van der Waals surface area contributed by atoms with E-state index >= 15 is 0 Å². The van der Waals surface area contributed by atoms with Gasteiger partial charge in [-0.1, -0.05) is 37.6 Å². The summed E-state index contributed by atoms with van der Waals surface area (Å²) in [5.74, 6) is 0.926. The summed E-state index contributed by atoms with van der Waals surface area (Å²) in [7, 11) is 0. The molecule has 0 fully saturated rings. The lowest BCUT2D eigenvalue weighted by Crippen LogP contribution is -1.89. The molecule has 1 nitrogen and oxygen atoms in total. The van der Waals surface area contributed by atoms with E-state index in [9.17, 15) is 0 Å². The van der Waals surface area contributed by atoms with Crippen molar-refractivity contribution in [2.75, 3.05) is 0 Å². The van der Waals surface area contributed by atoms with Crippen LogP contribution < -0.4 is 4.74 Å². The maximum Gasteiger partial charge on any atom is 0.129 e. The first kappa shape index (κ1) is 12.6. The fourth-order valence-corrected chi connectivity index (χ4v) is 1.45. The molecule has 0 heterocycles. The van der Waals surface area contributed by atoms with Gasteiger partial charge in [-0.3, -0.25) is 0 Å². The number of benzene rings is 1. The maximum absolute atomic E-state index is 5.61. The average molecular weight is 216 g/mol. The van der Waals surface area contributed by atoms with Crippen LogP contribution >= 0.6 is 0 Å². The van der Waals surface area contributed by atoms with Crippen molar-refractivity contribution in [2.45, 2.75) is 32.6 Å².